The average molecular weight is 361 g/mol. The molecule has 0 heterocycles. The van der Waals surface area contributed by atoms with Crippen molar-refractivity contribution >= 4 is 7.69 Å². The van der Waals surface area contributed by atoms with Crippen LogP contribution in [0.1, 0.15) is 36.8 Å². The smallest absolute Gasteiger partial charge is 0.526 e. The molecule has 0 saturated carbocycles. The molecule has 27 heavy (non-hydrogen) atoms. The minimum Gasteiger partial charge on any atom is -0.526 e. The highest BCUT2D eigenvalue weighted by Crippen LogP contribution is 2.14. The Morgan fingerprint density at radius 2 is 1.07 bits per heavy atom. The molecule has 0 aliphatic rings. The van der Waals surface area contributed by atoms with E-state index in [-0.39, 0.29) is 13.2 Å². The topological polar surface area (TPSA) is 58.9 Å². The van der Waals surface area contributed by atoms with E-state index in [9.17, 15) is 0 Å². The van der Waals surface area contributed by atoms with Crippen LogP contribution in [0.4, 0.5) is 0 Å². The van der Waals surface area contributed by atoms with Crippen LogP contribution in [0.3, 0.4) is 0 Å². The summed E-state index contributed by atoms with van der Waals surface area (Å²) in [6, 6.07) is 14.8. The first-order valence-corrected chi connectivity index (χ1v) is 8.86. The van der Waals surface area contributed by atoms with Gasteiger partial charge in [0.25, 0.3) is 0 Å². The predicted molar refractivity (Wildman–Crippen MR) is 106 cm³/mol. The number of aliphatic hydroxyl groups excluding tert-OH is 2. The van der Waals surface area contributed by atoms with Gasteiger partial charge in [-0.1, -0.05) is 23.7 Å². The summed E-state index contributed by atoms with van der Waals surface area (Å²) in [4.78, 5) is 0. The summed E-state index contributed by atoms with van der Waals surface area (Å²) in [6.45, 7) is 0.329. The maximum absolute atomic E-state index is 8.72. The largest absolute Gasteiger partial charge is 0.658 e. The molecule has 0 aliphatic heterocycles. The molecule has 2 N–H and O–H groups in total. The molecular weight excluding hydrogens is 339 g/mol. The van der Waals surface area contributed by atoms with Gasteiger partial charge in [0.1, 0.15) is 11.5 Å². The van der Waals surface area contributed by atoms with Crippen molar-refractivity contribution in [3.8, 4) is 35.2 Å². The molecule has 0 bridgehead atoms. The van der Waals surface area contributed by atoms with Crippen molar-refractivity contribution in [3.63, 3.8) is 0 Å². The standard InChI is InChI=1S/C22H22BO4/c24-17-5-1-3-7-19-9-13-21(14-10-19)26-23-27-22-15-11-20(12-16-22)8-4-2-6-18-25/h9-16,24-25H,1-2,5-6,17-18H2. The molecule has 0 aromatic heterocycles. The fourth-order valence-corrected chi connectivity index (χ4v) is 2.03. The van der Waals surface area contributed by atoms with Gasteiger partial charge in [-0.25, -0.2) is 0 Å². The summed E-state index contributed by atoms with van der Waals surface area (Å²) < 4.78 is 10.9. The van der Waals surface area contributed by atoms with E-state index in [2.05, 4.69) is 23.7 Å². The lowest BCUT2D eigenvalue weighted by Crippen LogP contribution is -2.10. The third-order valence-electron chi connectivity index (χ3n) is 3.46. The first-order chi connectivity index (χ1) is 13.3. The zero-order valence-electron chi connectivity index (χ0n) is 15.1. The van der Waals surface area contributed by atoms with Crippen LogP contribution in [0.2, 0.25) is 0 Å². The van der Waals surface area contributed by atoms with Gasteiger partial charge >= 0.3 is 7.69 Å². The molecule has 1 radical (unpaired) electrons. The van der Waals surface area contributed by atoms with Gasteiger partial charge < -0.3 is 19.5 Å². The highest BCUT2D eigenvalue weighted by Gasteiger charge is 2.01. The molecule has 0 aliphatic carbocycles. The van der Waals surface area contributed by atoms with Crippen molar-refractivity contribution < 1.29 is 19.5 Å². The van der Waals surface area contributed by atoms with E-state index in [0.717, 1.165) is 11.1 Å². The number of benzene rings is 2. The van der Waals surface area contributed by atoms with Gasteiger partial charge in [-0.15, -0.1) is 0 Å². The van der Waals surface area contributed by atoms with Gasteiger partial charge in [0, 0.05) is 37.2 Å². The number of unbranched alkanes of at least 4 members (excludes halogenated alkanes) is 2. The van der Waals surface area contributed by atoms with E-state index in [1.54, 1.807) is 0 Å². The SMILES string of the molecule is OCCCC#Cc1ccc(O[B]Oc2ccc(C#CCCCO)cc2)cc1. The molecule has 5 heteroatoms. The summed E-state index contributed by atoms with van der Waals surface area (Å²) in [5.41, 5.74) is 1.80. The van der Waals surface area contributed by atoms with Gasteiger partial charge in [-0.05, 0) is 61.4 Å². The first kappa shape index (κ1) is 20.5. The molecule has 0 fully saturated rings. The Hall–Kier alpha value is -2.86. The molecule has 0 atom stereocenters. The fraction of sp³-hybridized carbons (Fsp3) is 0.273. The third-order valence-corrected chi connectivity index (χ3v) is 3.46. The Bertz CT molecular complexity index is 723. The minimum atomic E-state index is 0.165. The highest BCUT2D eigenvalue weighted by atomic mass is 16.6. The Kier molecular flexibility index (Phi) is 9.46. The number of hydrogen-bond donors (Lipinski definition) is 2. The molecule has 2 aromatic carbocycles. The number of aliphatic hydroxyl groups is 2. The van der Waals surface area contributed by atoms with Crippen molar-refractivity contribution in [2.45, 2.75) is 25.7 Å². The van der Waals surface area contributed by atoms with Gasteiger partial charge in [-0.2, -0.15) is 0 Å². The zero-order valence-corrected chi connectivity index (χ0v) is 15.1. The van der Waals surface area contributed by atoms with Crippen molar-refractivity contribution in [1.29, 1.82) is 0 Å². The quantitative estimate of drug-likeness (QED) is 0.431. The van der Waals surface area contributed by atoms with Gasteiger partial charge in [0.05, 0.1) is 0 Å². The maximum Gasteiger partial charge on any atom is 0.658 e. The summed E-state index contributed by atoms with van der Waals surface area (Å²) in [5, 5.41) is 17.4. The van der Waals surface area contributed by atoms with Crippen LogP contribution in [-0.4, -0.2) is 31.1 Å². The van der Waals surface area contributed by atoms with Crippen LogP contribution in [0.25, 0.3) is 0 Å². The molecule has 0 amide bonds. The van der Waals surface area contributed by atoms with Crippen LogP contribution < -0.4 is 9.31 Å². The third kappa shape index (κ3) is 8.38. The summed E-state index contributed by atoms with van der Waals surface area (Å²) in [7, 11) is 1.28. The van der Waals surface area contributed by atoms with Gasteiger partial charge in [0.2, 0.25) is 0 Å². The Morgan fingerprint density at radius 3 is 1.44 bits per heavy atom. The summed E-state index contributed by atoms with van der Waals surface area (Å²) in [5.74, 6) is 13.4. The molecule has 0 spiro atoms. The van der Waals surface area contributed by atoms with Crippen molar-refractivity contribution in [2.75, 3.05) is 13.2 Å². The number of rotatable bonds is 8. The molecular formula is C22H22BO4. The van der Waals surface area contributed by atoms with E-state index >= 15 is 0 Å². The van der Waals surface area contributed by atoms with Crippen LogP contribution in [0.15, 0.2) is 48.5 Å². The number of hydrogen-bond acceptors (Lipinski definition) is 4. The predicted octanol–water partition coefficient (Wildman–Crippen LogP) is 2.93. The lowest BCUT2D eigenvalue weighted by Gasteiger charge is -2.06. The maximum atomic E-state index is 8.72. The van der Waals surface area contributed by atoms with E-state index in [0.29, 0.717) is 37.2 Å². The first-order valence-electron chi connectivity index (χ1n) is 8.86. The Morgan fingerprint density at radius 1 is 0.667 bits per heavy atom. The molecule has 2 rings (SSSR count). The highest BCUT2D eigenvalue weighted by molar-refractivity contribution is 6.20. The van der Waals surface area contributed by atoms with Crippen LogP contribution >= 0.6 is 0 Å². The lowest BCUT2D eigenvalue weighted by molar-refractivity contribution is 0.290. The van der Waals surface area contributed by atoms with Crippen LogP contribution in [0.5, 0.6) is 11.5 Å². The van der Waals surface area contributed by atoms with E-state index in [1.165, 1.54) is 7.69 Å². The van der Waals surface area contributed by atoms with Crippen molar-refractivity contribution in [2.24, 2.45) is 0 Å². The Labute approximate surface area is 161 Å². The van der Waals surface area contributed by atoms with Crippen molar-refractivity contribution in [3.05, 3.63) is 59.7 Å². The molecule has 4 nitrogen and oxygen atoms in total. The monoisotopic (exact) mass is 361 g/mol. The van der Waals surface area contributed by atoms with Crippen LogP contribution in [-0.2, 0) is 0 Å². The second-order valence-corrected chi connectivity index (χ2v) is 5.64. The summed E-state index contributed by atoms with van der Waals surface area (Å²) in [6.07, 6.45) is 2.75. The summed E-state index contributed by atoms with van der Waals surface area (Å²) >= 11 is 0. The molecule has 2 aromatic rings. The Balaban J connectivity index is 1.75. The molecule has 0 saturated heterocycles. The van der Waals surface area contributed by atoms with E-state index in [1.807, 2.05) is 48.5 Å². The second kappa shape index (κ2) is 12.5. The minimum absolute atomic E-state index is 0.165. The fourth-order valence-electron chi connectivity index (χ4n) is 2.03. The molecule has 137 valence electrons. The zero-order chi connectivity index (χ0) is 19.2. The van der Waals surface area contributed by atoms with E-state index in [4.69, 9.17) is 19.5 Å². The van der Waals surface area contributed by atoms with Gasteiger partial charge in [-0.3, -0.25) is 0 Å². The second-order valence-electron chi connectivity index (χ2n) is 5.64. The van der Waals surface area contributed by atoms with Crippen molar-refractivity contribution in [1.82, 2.24) is 0 Å². The normalized spacial score (nSPS) is 9.41. The van der Waals surface area contributed by atoms with E-state index < -0.39 is 0 Å². The lowest BCUT2D eigenvalue weighted by atomic mass is 10.2. The average Bonchev–Trinajstić information content (AvgIpc) is 2.71. The van der Waals surface area contributed by atoms with Gasteiger partial charge in [0.15, 0.2) is 0 Å². The molecule has 0 unspecified atom stereocenters. The van der Waals surface area contributed by atoms with Crippen LogP contribution in [0, 0.1) is 23.7 Å².